The number of urea groups is 1. The van der Waals surface area contributed by atoms with Crippen molar-refractivity contribution in [1.82, 2.24) is 15.1 Å². The van der Waals surface area contributed by atoms with Gasteiger partial charge < -0.3 is 16.0 Å². The molecule has 1 saturated carbocycles. The summed E-state index contributed by atoms with van der Waals surface area (Å²) < 4.78 is 0. The third kappa shape index (κ3) is 3.24. The normalized spacial score (nSPS) is 28.9. The summed E-state index contributed by atoms with van der Waals surface area (Å²) in [4.78, 5) is 40.2. The molecule has 3 aliphatic rings. The summed E-state index contributed by atoms with van der Waals surface area (Å²) in [6, 6.07) is -0.425. The number of rotatable bonds is 3. The second-order valence-corrected chi connectivity index (χ2v) is 7.54. The molecule has 0 radical (unpaired) electrons. The Morgan fingerprint density at radius 1 is 1.21 bits per heavy atom. The van der Waals surface area contributed by atoms with Crippen LogP contribution < -0.4 is 11.1 Å². The number of amides is 4. The Morgan fingerprint density at radius 2 is 1.88 bits per heavy atom. The van der Waals surface area contributed by atoms with Crippen LogP contribution in [0, 0.1) is 5.41 Å². The molecule has 8 heteroatoms. The van der Waals surface area contributed by atoms with Gasteiger partial charge in [0.1, 0.15) is 12.1 Å². The zero-order chi connectivity index (χ0) is 16.7. The Kier molecular flexibility index (Phi) is 5.44. The number of carbonyl (C=O) groups excluding carboxylic acids is 3. The van der Waals surface area contributed by atoms with Gasteiger partial charge in [-0.25, -0.2) is 4.79 Å². The Morgan fingerprint density at radius 3 is 2.46 bits per heavy atom. The lowest BCUT2D eigenvalue weighted by Gasteiger charge is -2.30. The third-order valence-electron chi connectivity index (χ3n) is 5.65. The van der Waals surface area contributed by atoms with Crippen LogP contribution in [0.15, 0.2) is 0 Å². The van der Waals surface area contributed by atoms with Crippen molar-refractivity contribution in [3.8, 4) is 0 Å². The number of imide groups is 1. The largest absolute Gasteiger partial charge is 0.341 e. The Hall–Kier alpha value is -1.34. The number of nitrogens with zero attached hydrogens (tertiary/aromatic N) is 2. The molecule has 1 atom stereocenters. The second kappa shape index (κ2) is 6.88. The van der Waals surface area contributed by atoms with Gasteiger partial charge in [-0.05, 0) is 31.2 Å². The lowest BCUT2D eigenvalue weighted by atomic mass is 9.82. The van der Waals surface area contributed by atoms with Gasteiger partial charge in [-0.1, -0.05) is 26.2 Å². The van der Waals surface area contributed by atoms with E-state index in [9.17, 15) is 14.4 Å². The molecule has 0 aromatic carbocycles. The average Bonchev–Trinajstić information content (AvgIpc) is 3.04. The van der Waals surface area contributed by atoms with E-state index in [2.05, 4.69) is 12.2 Å². The van der Waals surface area contributed by atoms with E-state index >= 15 is 0 Å². The highest BCUT2D eigenvalue weighted by Gasteiger charge is 2.52. The standard InChI is InChI=1S/C16H26N4O3.ClH/c1-15(10-17)7-8-19(11-15)12(21)9-20-13(22)16(18-14(20)23)5-3-2-4-6-16;/h2-11,17H2,1H3,(H,18,23);1H. The van der Waals surface area contributed by atoms with Crippen LogP contribution in [0.3, 0.4) is 0 Å². The van der Waals surface area contributed by atoms with Crippen LogP contribution in [0.25, 0.3) is 0 Å². The zero-order valence-electron chi connectivity index (χ0n) is 14.2. The minimum Gasteiger partial charge on any atom is -0.341 e. The summed E-state index contributed by atoms with van der Waals surface area (Å²) >= 11 is 0. The van der Waals surface area contributed by atoms with Crippen molar-refractivity contribution in [3.05, 3.63) is 0 Å². The van der Waals surface area contributed by atoms with Crippen molar-refractivity contribution in [2.24, 2.45) is 11.1 Å². The van der Waals surface area contributed by atoms with Crippen molar-refractivity contribution < 1.29 is 14.4 Å². The molecule has 1 aliphatic carbocycles. The van der Waals surface area contributed by atoms with Crippen LogP contribution in [0.2, 0.25) is 0 Å². The number of hydrogen-bond acceptors (Lipinski definition) is 4. The number of nitrogens with one attached hydrogen (secondary N) is 1. The van der Waals surface area contributed by atoms with Gasteiger partial charge >= 0.3 is 6.03 Å². The Labute approximate surface area is 148 Å². The summed E-state index contributed by atoms with van der Waals surface area (Å²) in [6.45, 7) is 3.67. The number of carbonyl (C=O) groups is 3. The summed E-state index contributed by atoms with van der Waals surface area (Å²) in [5, 5.41) is 2.84. The first-order valence-electron chi connectivity index (χ1n) is 8.51. The van der Waals surface area contributed by atoms with Crippen molar-refractivity contribution in [2.75, 3.05) is 26.2 Å². The highest BCUT2D eigenvalue weighted by atomic mass is 35.5. The van der Waals surface area contributed by atoms with Crippen LogP contribution >= 0.6 is 12.4 Å². The molecule has 24 heavy (non-hydrogen) atoms. The predicted octanol–water partition coefficient (Wildman–Crippen LogP) is 0.860. The number of halogens is 1. The summed E-state index contributed by atoms with van der Waals surface area (Å²) in [5.74, 6) is -0.394. The monoisotopic (exact) mass is 358 g/mol. The van der Waals surface area contributed by atoms with Gasteiger partial charge in [0.15, 0.2) is 0 Å². The van der Waals surface area contributed by atoms with Crippen LogP contribution in [0.5, 0.6) is 0 Å². The fraction of sp³-hybridized carbons (Fsp3) is 0.812. The molecule has 3 N–H and O–H groups in total. The maximum absolute atomic E-state index is 12.7. The third-order valence-corrected chi connectivity index (χ3v) is 5.65. The smallest absolute Gasteiger partial charge is 0.325 e. The quantitative estimate of drug-likeness (QED) is 0.731. The molecule has 1 unspecified atom stereocenters. The first-order valence-corrected chi connectivity index (χ1v) is 8.51. The minimum atomic E-state index is -0.758. The number of hydrogen-bond donors (Lipinski definition) is 2. The topological polar surface area (TPSA) is 95.7 Å². The second-order valence-electron chi connectivity index (χ2n) is 7.54. The van der Waals surface area contributed by atoms with E-state index in [0.29, 0.717) is 32.5 Å². The Bertz CT molecular complexity index is 535. The van der Waals surface area contributed by atoms with Gasteiger partial charge in [-0.3, -0.25) is 14.5 Å². The maximum atomic E-state index is 12.7. The lowest BCUT2D eigenvalue weighted by Crippen LogP contribution is -2.49. The molecule has 2 aliphatic heterocycles. The highest BCUT2D eigenvalue weighted by molar-refractivity contribution is 6.09. The van der Waals surface area contributed by atoms with Crippen LogP contribution in [-0.4, -0.2) is 59.4 Å². The maximum Gasteiger partial charge on any atom is 0.325 e. The van der Waals surface area contributed by atoms with E-state index in [1.54, 1.807) is 4.90 Å². The molecule has 2 saturated heterocycles. The van der Waals surface area contributed by atoms with Crippen LogP contribution in [0.1, 0.15) is 45.4 Å². The van der Waals surface area contributed by atoms with Crippen molar-refractivity contribution in [3.63, 3.8) is 0 Å². The highest BCUT2D eigenvalue weighted by Crippen LogP contribution is 2.34. The molecule has 2 heterocycles. The van der Waals surface area contributed by atoms with Crippen molar-refractivity contribution in [2.45, 2.75) is 51.0 Å². The van der Waals surface area contributed by atoms with Crippen LogP contribution in [0.4, 0.5) is 4.79 Å². The molecule has 7 nitrogen and oxygen atoms in total. The molecular formula is C16H27ClN4O3. The molecule has 0 bridgehead atoms. The molecule has 4 amide bonds. The molecule has 3 fully saturated rings. The average molecular weight is 359 g/mol. The van der Waals surface area contributed by atoms with Gasteiger partial charge in [-0.2, -0.15) is 0 Å². The van der Waals surface area contributed by atoms with Crippen LogP contribution in [-0.2, 0) is 9.59 Å². The lowest BCUT2D eigenvalue weighted by molar-refractivity contribution is -0.139. The van der Waals surface area contributed by atoms with Gasteiger partial charge in [0.2, 0.25) is 5.91 Å². The first kappa shape index (κ1) is 19.0. The molecule has 1 spiro atoms. The molecule has 136 valence electrons. The summed E-state index contributed by atoms with van der Waals surface area (Å²) in [7, 11) is 0. The van der Waals surface area contributed by atoms with Crippen molar-refractivity contribution in [1.29, 1.82) is 0 Å². The van der Waals surface area contributed by atoms with Gasteiger partial charge in [0.05, 0.1) is 0 Å². The van der Waals surface area contributed by atoms with Gasteiger partial charge in [0.25, 0.3) is 5.91 Å². The number of nitrogens with two attached hydrogens (primary N) is 1. The minimum absolute atomic E-state index is 0. The molecule has 3 rings (SSSR count). The molecule has 0 aromatic rings. The fourth-order valence-electron chi connectivity index (χ4n) is 3.95. The van der Waals surface area contributed by atoms with Crippen molar-refractivity contribution >= 4 is 30.3 Å². The SMILES string of the molecule is CC1(CN)CCN(C(=O)CN2C(=O)NC3(CCCCC3)C2=O)C1.Cl. The van der Waals surface area contributed by atoms with E-state index in [1.165, 1.54) is 0 Å². The predicted molar refractivity (Wildman–Crippen MR) is 91.7 cm³/mol. The van der Waals surface area contributed by atoms with Gasteiger partial charge in [0, 0.05) is 13.1 Å². The first-order chi connectivity index (χ1) is 10.9. The summed E-state index contributed by atoms with van der Waals surface area (Å²) in [6.07, 6.45) is 5.19. The van der Waals surface area contributed by atoms with Gasteiger partial charge in [-0.15, -0.1) is 12.4 Å². The van der Waals surface area contributed by atoms with E-state index < -0.39 is 11.6 Å². The van der Waals surface area contributed by atoms with E-state index in [4.69, 9.17) is 5.73 Å². The van der Waals surface area contributed by atoms with E-state index in [1.807, 2.05) is 0 Å². The Balaban J connectivity index is 0.00000208. The van der Waals surface area contributed by atoms with E-state index in [0.717, 1.165) is 30.6 Å². The number of likely N-dealkylation sites (tertiary alicyclic amines) is 1. The fourth-order valence-corrected chi connectivity index (χ4v) is 3.95. The molecular weight excluding hydrogens is 332 g/mol. The molecule has 0 aromatic heterocycles. The van der Waals surface area contributed by atoms with E-state index in [-0.39, 0.29) is 36.2 Å². The summed E-state index contributed by atoms with van der Waals surface area (Å²) in [5.41, 5.74) is 4.95. The zero-order valence-corrected chi connectivity index (χ0v) is 15.0.